The first-order valence-corrected chi connectivity index (χ1v) is 6.78. The second-order valence-electron chi connectivity index (χ2n) is 4.40. The van der Waals surface area contributed by atoms with E-state index in [1.807, 2.05) is 13.0 Å². The molecule has 1 aromatic carbocycles. The molecule has 0 aliphatic carbocycles. The third-order valence-electron chi connectivity index (χ3n) is 2.70. The first-order chi connectivity index (χ1) is 9.45. The minimum absolute atomic E-state index is 0.148. The lowest BCUT2D eigenvalue weighted by atomic mass is 10.1. The van der Waals surface area contributed by atoms with Gasteiger partial charge in [0.25, 0.3) is 5.91 Å². The van der Waals surface area contributed by atoms with Crippen molar-refractivity contribution in [2.45, 2.75) is 13.8 Å². The molecule has 2 amide bonds. The maximum atomic E-state index is 12.0. The van der Waals surface area contributed by atoms with Crippen molar-refractivity contribution in [2.24, 2.45) is 0 Å². The molecule has 1 heterocycles. The fourth-order valence-electron chi connectivity index (χ4n) is 1.72. The highest BCUT2D eigenvalue weighted by Gasteiger charge is 2.09. The number of benzene rings is 1. The van der Waals surface area contributed by atoms with Crippen LogP contribution in [-0.2, 0) is 4.79 Å². The molecule has 1 aromatic heterocycles. The molecule has 0 atom stereocenters. The van der Waals surface area contributed by atoms with Gasteiger partial charge in [-0.15, -0.1) is 0 Å². The van der Waals surface area contributed by atoms with E-state index < -0.39 is 0 Å². The van der Waals surface area contributed by atoms with Crippen LogP contribution in [-0.4, -0.2) is 16.8 Å². The molecule has 0 saturated heterocycles. The lowest BCUT2D eigenvalue weighted by Gasteiger charge is -2.10. The van der Waals surface area contributed by atoms with Gasteiger partial charge in [-0.25, -0.2) is 0 Å². The van der Waals surface area contributed by atoms with Crippen molar-refractivity contribution in [3.05, 3.63) is 46.2 Å². The zero-order valence-corrected chi connectivity index (χ0v) is 12.7. The Morgan fingerprint density at radius 2 is 1.95 bits per heavy atom. The maximum absolute atomic E-state index is 12.0. The number of nitrogens with one attached hydrogen (secondary N) is 3. The normalized spacial score (nSPS) is 10.2. The van der Waals surface area contributed by atoms with Gasteiger partial charge in [0.05, 0.1) is 0 Å². The zero-order chi connectivity index (χ0) is 14.7. The van der Waals surface area contributed by atoms with Crippen LogP contribution in [0.1, 0.15) is 23.0 Å². The van der Waals surface area contributed by atoms with Crippen molar-refractivity contribution in [1.82, 2.24) is 4.98 Å². The fourth-order valence-corrected chi connectivity index (χ4v) is 2.06. The van der Waals surface area contributed by atoms with Crippen LogP contribution in [0.4, 0.5) is 11.4 Å². The Balaban J connectivity index is 2.17. The molecule has 0 fully saturated rings. The van der Waals surface area contributed by atoms with Gasteiger partial charge in [0.15, 0.2) is 0 Å². The molecule has 3 N–H and O–H groups in total. The number of carbonyl (C=O) groups excluding carboxylic acids is 2. The molecule has 0 unspecified atom stereocenters. The number of hydrogen-bond donors (Lipinski definition) is 3. The van der Waals surface area contributed by atoms with E-state index in [0.717, 1.165) is 10.0 Å². The van der Waals surface area contributed by atoms with Crippen LogP contribution in [0.5, 0.6) is 0 Å². The standard InChI is InChI=1S/C14H14BrN3O2/c1-8-3-4-11(6-12(8)17-9(2)19)18-14(20)13-5-10(15)7-16-13/h3-7,16H,1-2H3,(H,17,19)(H,18,20). The van der Waals surface area contributed by atoms with Gasteiger partial charge in [-0.1, -0.05) is 6.07 Å². The summed E-state index contributed by atoms with van der Waals surface area (Å²) in [7, 11) is 0. The Bertz CT molecular complexity index is 664. The molecule has 2 rings (SSSR count). The summed E-state index contributed by atoms with van der Waals surface area (Å²) in [6, 6.07) is 7.05. The van der Waals surface area contributed by atoms with E-state index in [1.54, 1.807) is 24.4 Å². The fraction of sp³-hybridized carbons (Fsp3) is 0.143. The van der Waals surface area contributed by atoms with Crippen LogP contribution < -0.4 is 10.6 Å². The number of rotatable bonds is 3. The number of aromatic amines is 1. The summed E-state index contributed by atoms with van der Waals surface area (Å²) < 4.78 is 0.811. The van der Waals surface area contributed by atoms with Gasteiger partial charge >= 0.3 is 0 Å². The monoisotopic (exact) mass is 335 g/mol. The molecule has 0 aliphatic heterocycles. The Labute approximate surface area is 124 Å². The Morgan fingerprint density at radius 1 is 1.20 bits per heavy atom. The first kappa shape index (κ1) is 14.3. The van der Waals surface area contributed by atoms with Crippen LogP contribution in [0.25, 0.3) is 0 Å². The maximum Gasteiger partial charge on any atom is 0.272 e. The SMILES string of the molecule is CC(=O)Nc1cc(NC(=O)c2cc(Br)c[nH]2)ccc1C. The van der Waals surface area contributed by atoms with Crippen molar-refractivity contribution < 1.29 is 9.59 Å². The van der Waals surface area contributed by atoms with E-state index >= 15 is 0 Å². The van der Waals surface area contributed by atoms with E-state index in [9.17, 15) is 9.59 Å². The second kappa shape index (κ2) is 5.92. The minimum Gasteiger partial charge on any atom is -0.356 e. The van der Waals surface area contributed by atoms with E-state index in [2.05, 4.69) is 31.5 Å². The van der Waals surface area contributed by atoms with Crippen molar-refractivity contribution >= 4 is 39.1 Å². The van der Waals surface area contributed by atoms with Crippen molar-refractivity contribution in [3.8, 4) is 0 Å². The number of carbonyl (C=O) groups is 2. The van der Waals surface area contributed by atoms with Gasteiger partial charge < -0.3 is 15.6 Å². The van der Waals surface area contributed by atoms with Gasteiger partial charge in [-0.2, -0.15) is 0 Å². The van der Waals surface area contributed by atoms with Crippen molar-refractivity contribution in [2.75, 3.05) is 10.6 Å². The largest absolute Gasteiger partial charge is 0.356 e. The molecule has 0 bridgehead atoms. The molecule has 0 spiro atoms. The van der Waals surface area contributed by atoms with Crippen LogP contribution in [0.15, 0.2) is 34.9 Å². The highest BCUT2D eigenvalue weighted by molar-refractivity contribution is 9.10. The number of amides is 2. The van der Waals surface area contributed by atoms with Gasteiger partial charge in [-0.05, 0) is 46.6 Å². The smallest absolute Gasteiger partial charge is 0.272 e. The summed E-state index contributed by atoms with van der Waals surface area (Å²) in [5, 5.41) is 5.50. The van der Waals surface area contributed by atoms with Crippen LogP contribution in [0, 0.1) is 6.92 Å². The summed E-state index contributed by atoms with van der Waals surface area (Å²) >= 11 is 3.28. The van der Waals surface area contributed by atoms with Crippen LogP contribution >= 0.6 is 15.9 Å². The molecule has 0 radical (unpaired) electrons. The van der Waals surface area contributed by atoms with Gasteiger partial charge in [0.1, 0.15) is 5.69 Å². The van der Waals surface area contributed by atoms with Crippen molar-refractivity contribution in [3.63, 3.8) is 0 Å². The average Bonchev–Trinajstić information content (AvgIpc) is 2.79. The summed E-state index contributed by atoms with van der Waals surface area (Å²) in [4.78, 5) is 26.0. The highest BCUT2D eigenvalue weighted by atomic mass is 79.9. The van der Waals surface area contributed by atoms with Crippen LogP contribution in [0.2, 0.25) is 0 Å². The van der Waals surface area contributed by atoms with Gasteiger partial charge in [0.2, 0.25) is 5.91 Å². The summed E-state index contributed by atoms with van der Waals surface area (Å²) in [5.41, 5.74) is 2.69. The highest BCUT2D eigenvalue weighted by Crippen LogP contribution is 2.21. The number of aryl methyl sites for hydroxylation is 1. The number of anilines is 2. The Morgan fingerprint density at radius 3 is 2.55 bits per heavy atom. The van der Waals surface area contributed by atoms with Crippen molar-refractivity contribution in [1.29, 1.82) is 0 Å². The predicted octanol–water partition coefficient (Wildman–Crippen LogP) is 3.30. The average molecular weight is 336 g/mol. The molecular formula is C14H14BrN3O2. The minimum atomic E-state index is -0.242. The third kappa shape index (κ3) is 3.48. The van der Waals surface area contributed by atoms with Gasteiger partial charge in [-0.3, -0.25) is 9.59 Å². The summed E-state index contributed by atoms with van der Waals surface area (Å²) in [6.07, 6.45) is 1.69. The number of halogens is 1. The molecule has 0 aliphatic rings. The number of H-pyrrole nitrogens is 1. The number of aromatic nitrogens is 1. The van der Waals surface area contributed by atoms with Gasteiger partial charge in [0, 0.05) is 29.0 Å². The number of hydrogen-bond acceptors (Lipinski definition) is 2. The molecule has 104 valence electrons. The Hall–Kier alpha value is -2.08. The van der Waals surface area contributed by atoms with E-state index in [1.165, 1.54) is 6.92 Å². The summed E-state index contributed by atoms with van der Waals surface area (Å²) in [6.45, 7) is 3.33. The van der Waals surface area contributed by atoms with E-state index in [4.69, 9.17) is 0 Å². The zero-order valence-electron chi connectivity index (χ0n) is 11.1. The predicted molar refractivity (Wildman–Crippen MR) is 81.9 cm³/mol. The molecule has 2 aromatic rings. The topological polar surface area (TPSA) is 74.0 Å². The lowest BCUT2D eigenvalue weighted by Crippen LogP contribution is -2.13. The second-order valence-corrected chi connectivity index (χ2v) is 5.31. The molecule has 5 nitrogen and oxygen atoms in total. The molecule has 20 heavy (non-hydrogen) atoms. The third-order valence-corrected chi connectivity index (χ3v) is 3.16. The molecule has 0 saturated carbocycles. The molecular weight excluding hydrogens is 322 g/mol. The molecule has 6 heteroatoms. The van der Waals surface area contributed by atoms with E-state index in [0.29, 0.717) is 17.1 Å². The first-order valence-electron chi connectivity index (χ1n) is 5.99. The van der Waals surface area contributed by atoms with Crippen LogP contribution in [0.3, 0.4) is 0 Å². The quantitative estimate of drug-likeness (QED) is 0.805. The Kier molecular flexibility index (Phi) is 4.24. The van der Waals surface area contributed by atoms with E-state index in [-0.39, 0.29) is 11.8 Å². The summed E-state index contributed by atoms with van der Waals surface area (Å²) in [5.74, 6) is -0.391. The lowest BCUT2D eigenvalue weighted by molar-refractivity contribution is -0.114.